The Morgan fingerprint density at radius 2 is 2.53 bits per heavy atom. The predicted octanol–water partition coefficient (Wildman–Crippen LogP) is 0.716. The van der Waals surface area contributed by atoms with E-state index in [1.54, 1.807) is 0 Å². The van der Waals surface area contributed by atoms with E-state index in [4.69, 9.17) is 10.5 Å². The number of nitrogens with two attached hydrogens (primary N) is 1. The summed E-state index contributed by atoms with van der Waals surface area (Å²) < 4.78 is 7.38. The van der Waals surface area contributed by atoms with Gasteiger partial charge in [-0.05, 0) is 31.2 Å². The lowest BCUT2D eigenvalue weighted by Crippen LogP contribution is -2.38. The molecule has 1 aliphatic rings. The Morgan fingerprint density at radius 1 is 1.67 bits per heavy atom. The normalized spacial score (nSPS) is 26.8. The summed E-state index contributed by atoms with van der Waals surface area (Å²) in [5.74, 6) is 0.508. The Bertz CT molecular complexity index is 311. The molecule has 0 aromatic carbocycles. The first-order chi connectivity index (χ1) is 7.27. The second kappa shape index (κ2) is 4.77. The lowest BCUT2D eigenvalue weighted by atomic mass is 9.91. The van der Waals surface area contributed by atoms with Crippen LogP contribution in [0.5, 0.6) is 0 Å². The topological polar surface area (TPSA) is 53.1 Å². The van der Waals surface area contributed by atoms with Crippen molar-refractivity contribution in [2.24, 2.45) is 18.7 Å². The second-order valence-electron chi connectivity index (χ2n) is 4.27. The molecule has 1 aromatic rings. The van der Waals surface area contributed by atoms with E-state index in [2.05, 4.69) is 11.2 Å². The van der Waals surface area contributed by atoms with Crippen molar-refractivity contribution in [2.45, 2.75) is 25.3 Å². The SMILES string of the molecule is Cn1nccc1CCC1COCCC1N. The maximum absolute atomic E-state index is 6.05. The van der Waals surface area contributed by atoms with Crippen LogP contribution < -0.4 is 5.73 Å². The van der Waals surface area contributed by atoms with Gasteiger partial charge in [-0.2, -0.15) is 5.10 Å². The minimum Gasteiger partial charge on any atom is -0.381 e. The van der Waals surface area contributed by atoms with Gasteiger partial charge in [0.25, 0.3) is 0 Å². The molecule has 4 heteroatoms. The van der Waals surface area contributed by atoms with Crippen LogP contribution in [0.2, 0.25) is 0 Å². The van der Waals surface area contributed by atoms with Crippen molar-refractivity contribution in [2.75, 3.05) is 13.2 Å². The zero-order valence-corrected chi connectivity index (χ0v) is 9.22. The van der Waals surface area contributed by atoms with Gasteiger partial charge < -0.3 is 10.5 Å². The maximum Gasteiger partial charge on any atom is 0.0509 e. The standard InChI is InChI=1S/C11H19N3O/c1-14-10(4-6-13-14)3-2-9-8-15-7-5-11(9)12/h4,6,9,11H,2-3,5,7-8,12H2,1H3. The quantitative estimate of drug-likeness (QED) is 0.798. The molecule has 0 spiro atoms. The number of nitrogens with zero attached hydrogens (tertiary/aromatic N) is 2. The van der Waals surface area contributed by atoms with Gasteiger partial charge in [0, 0.05) is 31.6 Å². The first-order valence-electron chi connectivity index (χ1n) is 5.57. The lowest BCUT2D eigenvalue weighted by Gasteiger charge is -2.28. The molecule has 2 N–H and O–H groups in total. The number of rotatable bonds is 3. The highest BCUT2D eigenvalue weighted by molar-refractivity contribution is 5.00. The molecule has 0 aliphatic carbocycles. The van der Waals surface area contributed by atoms with Gasteiger partial charge >= 0.3 is 0 Å². The Labute approximate surface area is 90.4 Å². The summed E-state index contributed by atoms with van der Waals surface area (Å²) in [5.41, 5.74) is 7.33. The highest BCUT2D eigenvalue weighted by Gasteiger charge is 2.22. The number of ether oxygens (including phenoxy) is 1. The number of hydrogen-bond donors (Lipinski definition) is 1. The van der Waals surface area contributed by atoms with Crippen LogP contribution in [0.25, 0.3) is 0 Å². The molecule has 2 heterocycles. The Hall–Kier alpha value is -0.870. The summed E-state index contributed by atoms with van der Waals surface area (Å²) in [5, 5.41) is 4.15. The van der Waals surface area contributed by atoms with Crippen molar-refractivity contribution >= 4 is 0 Å². The third-order valence-corrected chi connectivity index (χ3v) is 3.23. The van der Waals surface area contributed by atoms with E-state index < -0.39 is 0 Å². The van der Waals surface area contributed by atoms with Gasteiger partial charge in [0.05, 0.1) is 6.61 Å². The molecule has 1 saturated heterocycles. The molecule has 0 amide bonds. The van der Waals surface area contributed by atoms with Crippen molar-refractivity contribution in [3.63, 3.8) is 0 Å². The van der Waals surface area contributed by atoms with Crippen LogP contribution >= 0.6 is 0 Å². The lowest BCUT2D eigenvalue weighted by molar-refractivity contribution is 0.0388. The van der Waals surface area contributed by atoms with Crippen molar-refractivity contribution in [1.29, 1.82) is 0 Å². The van der Waals surface area contributed by atoms with Crippen molar-refractivity contribution in [3.05, 3.63) is 18.0 Å². The summed E-state index contributed by atoms with van der Waals surface area (Å²) in [7, 11) is 1.98. The maximum atomic E-state index is 6.05. The zero-order chi connectivity index (χ0) is 10.7. The van der Waals surface area contributed by atoms with Crippen LogP contribution in [-0.2, 0) is 18.2 Å². The van der Waals surface area contributed by atoms with Crippen LogP contribution in [0.15, 0.2) is 12.3 Å². The fourth-order valence-corrected chi connectivity index (χ4v) is 2.09. The molecule has 0 radical (unpaired) electrons. The van der Waals surface area contributed by atoms with Gasteiger partial charge in [0.15, 0.2) is 0 Å². The molecule has 0 saturated carbocycles. The molecular weight excluding hydrogens is 190 g/mol. The van der Waals surface area contributed by atoms with Crippen LogP contribution in [0, 0.1) is 5.92 Å². The van der Waals surface area contributed by atoms with Crippen LogP contribution in [0.4, 0.5) is 0 Å². The third kappa shape index (κ3) is 2.58. The molecule has 2 rings (SSSR count). The first kappa shape index (κ1) is 10.6. The molecule has 1 aromatic heterocycles. The molecule has 84 valence electrons. The average Bonchev–Trinajstić information content (AvgIpc) is 2.63. The monoisotopic (exact) mass is 209 g/mol. The fourth-order valence-electron chi connectivity index (χ4n) is 2.09. The summed E-state index contributed by atoms with van der Waals surface area (Å²) in [4.78, 5) is 0. The largest absolute Gasteiger partial charge is 0.381 e. The fraction of sp³-hybridized carbons (Fsp3) is 0.727. The Morgan fingerprint density at radius 3 is 3.20 bits per heavy atom. The van der Waals surface area contributed by atoms with Gasteiger partial charge in [-0.15, -0.1) is 0 Å². The van der Waals surface area contributed by atoms with Gasteiger partial charge in [0.1, 0.15) is 0 Å². The minimum atomic E-state index is 0.312. The van der Waals surface area contributed by atoms with E-state index in [-0.39, 0.29) is 0 Å². The molecular formula is C11H19N3O. The predicted molar refractivity (Wildman–Crippen MR) is 58.4 cm³/mol. The molecule has 4 nitrogen and oxygen atoms in total. The highest BCUT2D eigenvalue weighted by Crippen LogP contribution is 2.18. The van der Waals surface area contributed by atoms with E-state index >= 15 is 0 Å². The van der Waals surface area contributed by atoms with Crippen molar-refractivity contribution in [3.8, 4) is 0 Å². The van der Waals surface area contributed by atoms with E-state index in [9.17, 15) is 0 Å². The minimum absolute atomic E-state index is 0.312. The summed E-state index contributed by atoms with van der Waals surface area (Å²) in [6.45, 7) is 1.64. The van der Waals surface area contributed by atoms with Crippen molar-refractivity contribution < 1.29 is 4.74 Å². The molecule has 1 fully saturated rings. The van der Waals surface area contributed by atoms with Gasteiger partial charge in [-0.3, -0.25) is 4.68 Å². The number of aryl methyl sites for hydroxylation is 2. The summed E-state index contributed by atoms with van der Waals surface area (Å²) in [6.07, 6.45) is 4.97. The Kier molecular flexibility index (Phi) is 3.38. The number of aromatic nitrogens is 2. The Balaban J connectivity index is 1.84. The van der Waals surface area contributed by atoms with E-state index in [1.807, 2.05) is 17.9 Å². The molecule has 0 bridgehead atoms. The van der Waals surface area contributed by atoms with E-state index in [0.29, 0.717) is 12.0 Å². The van der Waals surface area contributed by atoms with Crippen LogP contribution in [0.1, 0.15) is 18.5 Å². The summed E-state index contributed by atoms with van der Waals surface area (Å²) >= 11 is 0. The molecule has 2 unspecified atom stereocenters. The number of hydrogen-bond acceptors (Lipinski definition) is 3. The van der Waals surface area contributed by atoms with Gasteiger partial charge in [0.2, 0.25) is 0 Å². The molecule has 2 atom stereocenters. The second-order valence-corrected chi connectivity index (χ2v) is 4.27. The van der Waals surface area contributed by atoms with E-state index in [1.165, 1.54) is 5.69 Å². The van der Waals surface area contributed by atoms with Crippen molar-refractivity contribution in [1.82, 2.24) is 9.78 Å². The molecule has 15 heavy (non-hydrogen) atoms. The smallest absolute Gasteiger partial charge is 0.0509 e. The van der Waals surface area contributed by atoms with Crippen LogP contribution in [-0.4, -0.2) is 29.0 Å². The summed E-state index contributed by atoms with van der Waals surface area (Å²) in [6, 6.07) is 2.38. The van der Waals surface area contributed by atoms with E-state index in [0.717, 1.165) is 32.5 Å². The van der Waals surface area contributed by atoms with Crippen LogP contribution in [0.3, 0.4) is 0 Å². The first-order valence-corrected chi connectivity index (χ1v) is 5.57. The molecule has 1 aliphatic heterocycles. The third-order valence-electron chi connectivity index (χ3n) is 3.23. The van der Waals surface area contributed by atoms with Gasteiger partial charge in [-0.1, -0.05) is 0 Å². The zero-order valence-electron chi connectivity index (χ0n) is 9.22. The highest BCUT2D eigenvalue weighted by atomic mass is 16.5. The van der Waals surface area contributed by atoms with Gasteiger partial charge in [-0.25, -0.2) is 0 Å². The average molecular weight is 209 g/mol.